The van der Waals surface area contributed by atoms with Crippen LogP contribution in [-0.2, 0) is 11.2 Å². The molecule has 80 valence electrons. The number of hydrogen-bond donors (Lipinski definition) is 1. The van der Waals surface area contributed by atoms with Crippen molar-refractivity contribution in [3.8, 4) is 0 Å². The molecule has 1 N–H and O–H groups in total. The van der Waals surface area contributed by atoms with Gasteiger partial charge in [-0.15, -0.1) is 0 Å². The Bertz CT molecular complexity index is 390. The van der Waals surface area contributed by atoms with Crippen molar-refractivity contribution < 1.29 is 9.18 Å². The van der Waals surface area contributed by atoms with Gasteiger partial charge in [0.2, 0.25) is 0 Å². The molecule has 1 aliphatic heterocycles. The monoisotopic (exact) mass is 271 g/mol. The summed E-state index contributed by atoms with van der Waals surface area (Å²) in [6, 6.07) is 4.68. The number of halogens is 2. The van der Waals surface area contributed by atoms with Gasteiger partial charge >= 0.3 is 0 Å². The fourth-order valence-corrected chi connectivity index (χ4v) is 1.94. The molecule has 0 radical (unpaired) electrons. The third-order valence-electron chi connectivity index (χ3n) is 2.61. The number of nitrogens with one attached hydrogen (secondary N) is 1. The van der Waals surface area contributed by atoms with E-state index >= 15 is 0 Å². The van der Waals surface area contributed by atoms with E-state index in [4.69, 9.17) is 0 Å². The molecule has 2 rings (SSSR count). The Balaban J connectivity index is 2.09. The fraction of sp³-hybridized carbons (Fsp3) is 0.364. The van der Waals surface area contributed by atoms with Crippen molar-refractivity contribution in [1.29, 1.82) is 0 Å². The summed E-state index contributed by atoms with van der Waals surface area (Å²) in [7, 11) is 0. The molecule has 1 aromatic rings. The van der Waals surface area contributed by atoms with E-state index < -0.39 is 0 Å². The largest absolute Gasteiger partial charge is 0.315 e. The quantitative estimate of drug-likeness (QED) is 0.910. The zero-order valence-electron chi connectivity index (χ0n) is 8.09. The Morgan fingerprint density at radius 2 is 2.27 bits per heavy atom. The van der Waals surface area contributed by atoms with Crippen LogP contribution in [0.3, 0.4) is 0 Å². The summed E-state index contributed by atoms with van der Waals surface area (Å²) < 4.78 is 14.1. The molecule has 1 heterocycles. The zero-order chi connectivity index (χ0) is 10.8. The van der Waals surface area contributed by atoms with E-state index in [-0.39, 0.29) is 23.9 Å². The molecule has 0 amide bonds. The number of ketones is 1. The number of carbonyl (C=O) groups is 1. The molecule has 1 fully saturated rings. The maximum atomic E-state index is 13.3. The molecule has 1 aliphatic rings. The Hall–Kier alpha value is -0.740. The standard InChI is InChI=1S/C11H11BrFNO/c12-9-1-2-10(13)7(3-9)4-11(15)8-5-14-6-8/h1-3,8,14H,4-6H2. The highest BCUT2D eigenvalue weighted by Crippen LogP contribution is 2.18. The summed E-state index contributed by atoms with van der Waals surface area (Å²) in [6.07, 6.45) is 0.192. The van der Waals surface area contributed by atoms with E-state index in [2.05, 4.69) is 21.2 Å². The van der Waals surface area contributed by atoms with Gasteiger partial charge < -0.3 is 5.32 Å². The summed E-state index contributed by atoms with van der Waals surface area (Å²) in [4.78, 5) is 11.6. The lowest BCUT2D eigenvalue weighted by molar-refractivity contribution is -0.123. The minimum absolute atomic E-state index is 0.0726. The first-order chi connectivity index (χ1) is 7.16. The van der Waals surface area contributed by atoms with Gasteiger partial charge in [0.25, 0.3) is 0 Å². The first-order valence-corrected chi connectivity index (χ1v) is 5.63. The highest BCUT2D eigenvalue weighted by Gasteiger charge is 2.25. The summed E-state index contributed by atoms with van der Waals surface area (Å²) in [5.74, 6) is -0.118. The molecule has 2 nitrogen and oxygen atoms in total. The van der Waals surface area contributed by atoms with E-state index in [1.165, 1.54) is 6.07 Å². The second-order valence-electron chi connectivity index (χ2n) is 3.73. The van der Waals surface area contributed by atoms with Crippen LogP contribution in [0, 0.1) is 11.7 Å². The van der Waals surface area contributed by atoms with Gasteiger partial charge in [0.05, 0.1) is 0 Å². The van der Waals surface area contributed by atoms with Crippen LogP contribution in [0.4, 0.5) is 4.39 Å². The molecule has 1 aromatic carbocycles. The number of Topliss-reactive ketones (excluding diaryl/α,β-unsaturated/α-hetero) is 1. The summed E-state index contributed by atoms with van der Waals surface area (Å²) in [5.41, 5.74) is 0.473. The van der Waals surface area contributed by atoms with Gasteiger partial charge in [-0.3, -0.25) is 4.79 Å². The van der Waals surface area contributed by atoms with Gasteiger partial charge in [0.1, 0.15) is 11.6 Å². The van der Waals surface area contributed by atoms with Crippen LogP contribution in [0.25, 0.3) is 0 Å². The maximum absolute atomic E-state index is 13.3. The average molecular weight is 272 g/mol. The van der Waals surface area contributed by atoms with Crippen LogP contribution in [-0.4, -0.2) is 18.9 Å². The lowest BCUT2D eigenvalue weighted by atomic mass is 9.93. The van der Waals surface area contributed by atoms with Crippen LogP contribution < -0.4 is 5.32 Å². The molecule has 0 aromatic heterocycles. The summed E-state index contributed by atoms with van der Waals surface area (Å²) >= 11 is 3.26. The van der Waals surface area contributed by atoms with Gasteiger partial charge in [-0.2, -0.15) is 0 Å². The molecule has 0 bridgehead atoms. The molecule has 0 unspecified atom stereocenters. The molecule has 0 saturated carbocycles. The van der Waals surface area contributed by atoms with Gasteiger partial charge in [-0.05, 0) is 23.8 Å². The molecule has 4 heteroatoms. The van der Waals surface area contributed by atoms with Crippen molar-refractivity contribution in [3.63, 3.8) is 0 Å². The van der Waals surface area contributed by atoms with Crippen LogP contribution in [0.1, 0.15) is 5.56 Å². The Labute approximate surface area is 96.0 Å². The Morgan fingerprint density at radius 3 is 2.87 bits per heavy atom. The molecule has 0 spiro atoms. The normalized spacial score (nSPS) is 16.1. The minimum atomic E-state index is -0.307. The highest BCUT2D eigenvalue weighted by molar-refractivity contribution is 9.10. The van der Waals surface area contributed by atoms with Gasteiger partial charge in [0, 0.05) is 29.9 Å². The molecule has 0 aliphatic carbocycles. The molecular formula is C11H11BrFNO. The molecule has 15 heavy (non-hydrogen) atoms. The lowest BCUT2D eigenvalue weighted by Gasteiger charge is -2.25. The van der Waals surface area contributed by atoms with Gasteiger partial charge in [-0.1, -0.05) is 15.9 Å². The fourth-order valence-electron chi connectivity index (χ4n) is 1.53. The molecular weight excluding hydrogens is 261 g/mol. The second kappa shape index (κ2) is 4.41. The first kappa shape index (κ1) is 10.8. The Morgan fingerprint density at radius 1 is 1.53 bits per heavy atom. The van der Waals surface area contributed by atoms with Crippen molar-refractivity contribution in [1.82, 2.24) is 5.32 Å². The smallest absolute Gasteiger partial charge is 0.142 e. The zero-order valence-corrected chi connectivity index (χ0v) is 9.68. The van der Waals surface area contributed by atoms with Crippen LogP contribution in [0.2, 0.25) is 0 Å². The van der Waals surface area contributed by atoms with E-state index in [1.54, 1.807) is 12.1 Å². The maximum Gasteiger partial charge on any atom is 0.142 e. The third-order valence-corrected chi connectivity index (χ3v) is 3.10. The van der Waals surface area contributed by atoms with Crippen LogP contribution >= 0.6 is 15.9 Å². The topological polar surface area (TPSA) is 29.1 Å². The number of benzene rings is 1. The minimum Gasteiger partial charge on any atom is -0.315 e. The van der Waals surface area contributed by atoms with Crippen molar-refractivity contribution in [2.75, 3.05) is 13.1 Å². The van der Waals surface area contributed by atoms with E-state index in [0.717, 1.165) is 17.6 Å². The lowest BCUT2D eigenvalue weighted by Crippen LogP contribution is -2.47. The number of carbonyl (C=O) groups excluding carboxylic acids is 1. The van der Waals surface area contributed by atoms with Gasteiger partial charge in [0.15, 0.2) is 0 Å². The predicted octanol–water partition coefficient (Wildman–Crippen LogP) is 1.92. The second-order valence-corrected chi connectivity index (χ2v) is 4.65. The van der Waals surface area contributed by atoms with Crippen LogP contribution in [0.15, 0.2) is 22.7 Å². The van der Waals surface area contributed by atoms with E-state index in [1.807, 2.05) is 0 Å². The number of hydrogen-bond acceptors (Lipinski definition) is 2. The molecule has 0 atom stereocenters. The van der Waals surface area contributed by atoms with E-state index in [9.17, 15) is 9.18 Å². The Kier molecular flexibility index (Phi) is 3.17. The van der Waals surface area contributed by atoms with Crippen molar-refractivity contribution in [2.24, 2.45) is 5.92 Å². The van der Waals surface area contributed by atoms with Crippen molar-refractivity contribution in [3.05, 3.63) is 34.1 Å². The average Bonchev–Trinajstić information content (AvgIpc) is 2.08. The predicted molar refractivity (Wildman–Crippen MR) is 59.2 cm³/mol. The summed E-state index contributed by atoms with van der Waals surface area (Å²) in [6.45, 7) is 1.46. The van der Waals surface area contributed by atoms with Crippen LogP contribution in [0.5, 0.6) is 0 Å². The van der Waals surface area contributed by atoms with Crippen molar-refractivity contribution in [2.45, 2.75) is 6.42 Å². The number of rotatable bonds is 3. The molecule has 1 saturated heterocycles. The highest BCUT2D eigenvalue weighted by atomic mass is 79.9. The third kappa shape index (κ3) is 2.44. The SMILES string of the molecule is O=C(Cc1cc(Br)ccc1F)C1CNC1. The summed E-state index contributed by atoms with van der Waals surface area (Å²) in [5, 5.41) is 3.03. The van der Waals surface area contributed by atoms with E-state index in [0.29, 0.717) is 5.56 Å². The first-order valence-electron chi connectivity index (χ1n) is 4.84. The van der Waals surface area contributed by atoms with Crippen molar-refractivity contribution >= 4 is 21.7 Å². The van der Waals surface area contributed by atoms with Gasteiger partial charge in [-0.25, -0.2) is 4.39 Å².